The van der Waals surface area contributed by atoms with Crippen molar-refractivity contribution in [3.8, 4) is 11.8 Å². The molecule has 0 saturated carbocycles. The standard InChI is InChI=1S/C11H15BrOSSi/c1-15(2,3)13-7-5-4-6-10-8-14-9-11(10)12/h8-9H,5,7H2,1-3H3. The molecule has 0 bridgehead atoms. The van der Waals surface area contributed by atoms with Gasteiger partial charge in [0.05, 0.1) is 0 Å². The van der Waals surface area contributed by atoms with Gasteiger partial charge in [0.25, 0.3) is 0 Å². The zero-order valence-corrected chi connectivity index (χ0v) is 12.7. The van der Waals surface area contributed by atoms with Gasteiger partial charge in [-0.2, -0.15) is 0 Å². The second kappa shape index (κ2) is 5.85. The summed E-state index contributed by atoms with van der Waals surface area (Å²) in [4.78, 5) is 0. The lowest BCUT2D eigenvalue weighted by molar-refractivity contribution is 0.321. The predicted molar refractivity (Wildman–Crippen MR) is 72.8 cm³/mol. The van der Waals surface area contributed by atoms with Crippen LogP contribution in [-0.4, -0.2) is 14.9 Å². The quantitative estimate of drug-likeness (QED) is 0.464. The van der Waals surface area contributed by atoms with Crippen LogP contribution in [0.15, 0.2) is 15.2 Å². The molecule has 0 unspecified atom stereocenters. The first kappa shape index (κ1) is 13.0. The molecule has 0 aliphatic heterocycles. The molecule has 1 aromatic rings. The Kier molecular flexibility index (Phi) is 5.07. The molecule has 1 rings (SSSR count). The summed E-state index contributed by atoms with van der Waals surface area (Å²) in [7, 11) is -1.36. The first-order valence-corrected chi connectivity index (χ1v) is 9.98. The minimum atomic E-state index is -1.36. The van der Waals surface area contributed by atoms with Gasteiger partial charge in [-0.1, -0.05) is 11.8 Å². The zero-order chi connectivity index (χ0) is 11.3. The van der Waals surface area contributed by atoms with Crippen LogP contribution in [0.1, 0.15) is 12.0 Å². The SMILES string of the molecule is C[Si](C)(C)OCCC#Cc1cscc1Br. The molecule has 0 atom stereocenters. The summed E-state index contributed by atoms with van der Waals surface area (Å²) in [5, 5.41) is 4.10. The lowest BCUT2D eigenvalue weighted by Gasteiger charge is -2.15. The van der Waals surface area contributed by atoms with Crippen molar-refractivity contribution < 1.29 is 4.43 Å². The summed E-state index contributed by atoms with van der Waals surface area (Å²) in [5.74, 6) is 6.25. The van der Waals surface area contributed by atoms with Gasteiger partial charge in [-0.05, 0) is 35.6 Å². The van der Waals surface area contributed by atoms with Crippen LogP contribution in [0.4, 0.5) is 0 Å². The van der Waals surface area contributed by atoms with Gasteiger partial charge < -0.3 is 4.43 Å². The molecule has 4 heteroatoms. The number of rotatable bonds is 3. The van der Waals surface area contributed by atoms with Gasteiger partial charge in [0, 0.05) is 33.8 Å². The van der Waals surface area contributed by atoms with E-state index in [-0.39, 0.29) is 0 Å². The average Bonchev–Trinajstić information content (AvgIpc) is 2.49. The number of hydrogen-bond donors (Lipinski definition) is 0. The first-order valence-electron chi connectivity index (χ1n) is 4.83. The molecule has 82 valence electrons. The number of thiophene rings is 1. The third-order valence-corrected chi connectivity index (χ3v) is 4.37. The molecule has 0 N–H and O–H groups in total. The second-order valence-electron chi connectivity index (χ2n) is 4.15. The topological polar surface area (TPSA) is 9.23 Å². The van der Waals surface area contributed by atoms with E-state index >= 15 is 0 Å². The molecule has 0 radical (unpaired) electrons. The fourth-order valence-corrected chi connectivity index (χ4v) is 2.98. The van der Waals surface area contributed by atoms with E-state index in [0.717, 1.165) is 23.1 Å². The van der Waals surface area contributed by atoms with E-state index in [0.29, 0.717) is 0 Å². The van der Waals surface area contributed by atoms with Gasteiger partial charge in [0.15, 0.2) is 8.32 Å². The van der Waals surface area contributed by atoms with Crippen molar-refractivity contribution >= 4 is 35.6 Å². The maximum Gasteiger partial charge on any atom is 0.183 e. The molecule has 0 fully saturated rings. The number of hydrogen-bond acceptors (Lipinski definition) is 2. The third-order valence-electron chi connectivity index (χ3n) is 1.60. The molecule has 15 heavy (non-hydrogen) atoms. The van der Waals surface area contributed by atoms with Crippen LogP contribution in [0, 0.1) is 11.8 Å². The van der Waals surface area contributed by atoms with Gasteiger partial charge in [0.1, 0.15) is 0 Å². The van der Waals surface area contributed by atoms with Crippen molar-refractivity contribution in [3.05, 3.63) is 20.8 Å². The Labute approximate surface area is 105 Å². The van der Waals surface area contributed by atoms with Crippen molar-refractivity contribution in [3.63, 3.8) is 0 Å². The molecule has 0 aromatic carbocycles. The molecule has 1 heterocycles. The fourth-order valence-electron chi connectivity index (χ4n) is 0.937. The van der Waals surface area contributed by atoms with E-state index in [1.165, 1.54) is 0 Å². The van der Waals surface area contributed by atoms with E-state index in [2.05, 4.69) is 52.8 Å². The predicted octanol–water partition coefficient (Wildman–Crippen LogP) is 4.10. The van der Waals surface area contributed by atoms with E-state index in [1.807, 2.05) is 5.38 Å². The monoisotopic (exact) mass is 302 g/mol. The van der Waals surface area contributed by atoms with Gasteiger partial charge in [0.2, 0.25) is 0 Å². The Morgan fingerprint density at radius 3 is 2.67 bits per heavy atom. The first-order chi connectivity index (χ1) is 6.99. The average molecular weight is 303 g/mol. The molecular weight excluding hydrogens is 288 g/mol. The summed E-state index contributed by atoms with van der Waals surface area (Å²) in [6.45, 7) is 7.33. The van der Waals surface area contributed by atoms with Crippen molar-refractivity contribution in [2.24, 2.45) is 0 Å². The van der Waals surface area contributed by atoms with Crippen molar-refractivity contribution in [2.45, 2.75) is 26.1 Å². The number of halogens is 1. The Bertz CT molecular complexity index is 370. The minimum Gasteiger partial charge on any atom is -0.417 e. The molecule has 0 saturated heterocycles. The molecule has 0 spiro atoms. The van der Waals surface area contributed by atoms with Crippen molar-refractivity contribution in [1.29, 1.82) is 0 Å². The van der Waals surface area contributed by atoms with Crippen LogP contribution >= 0.6 is 27.3 Å². The van der Waals surface area contributed by atoms with Crippen LogP contribution < -0.4 is 0 Å². The highest BCUT2D eigenvalue weighted by Gasteiger charge is 2.12. The molecule has 1 aromatic heterocycles. The largest absolute Gasteiger partial charge is 0.417 e. The van der Waals surface area contributed by atoms with Crippen LogP contribution in [-0.2, 0) is 4.43 Å². The van der Waals surface area contributed by atoms with Crippen LogP contribution in [0.2, 0.25) is 19.6 Å². The third kappa shape index (κ3) is 5.52. The van der Waals surface area contributed by atoms with E-state index < -0.39 is 8.32 Å². The van der Waals surface area contributed by atoms with Gasteiger partial charge in [-0.3, -0.25) is 0 Å². The summed E-state index contributed by atoms with van der Waals surface area (Å²) < 4.78 is 6.80. The lowest BCUT2D eigenvalue weighted by atomic mass is 10.3. The summed E-state index contributed by atoms with van der Waals surface area (Å²) in [5.41, 5.74) is 1.08. The van der Waals surface area contributed by atoms with Crippen LogP contribution in [0.5, 0.6) is 0 Å². The van der Waals surface area contributed by atoms with E-state index in [9.17, 15) is 0 Å². The fraction of sp³-hybridized carbons (Fsp3) is 0.455. The zero-order valence-electron chi connectivity index (χ0n) is 9.26. The van der Waals surface area contributed by atoms with Gasteiger partial charge in [-0.25, -0.2) is 0 Å². The highest BCUT2D eigenvalue weighted by atomic mass is 79.9. The van der Waals surface area contributed by atoms with Crippen LogP contribution in [0.25, 0.3) is 0 Å². The molecule has 0 aliphatic carbocycles. The summed E-state index contributed by atoms with van der Waals surface area (Å²) >= 11 is 5.11. The summed E-state index contributed by atoms with van der Waals surface area (Å²) in [6.07, 6.45) is 0.812. The Morgan fingerprint density at radius 1 is 1.40 bits per heavy atom. The van der Waals surface area contributed by atoms with E-state index in [4.69, 9.17) is 4.43 Å². The Morgan fingerprint density at radius 2 is 2.13 bits per heavy atom. The lowest BCUT2D eigenvalue weighted by Crippen LogP contribution is -2.25. The minimum absolute atomic E-state index is 0.754. The molecule has 0 amide bonds. The normalized spacial score (nSPS) is 10.9. The van der Waals surface area contributed by atoms with Crippen LogP contribution in [0.3, 0.4) is 0 Å². The summed E-state index contributed by atoms with van der Waals surface area (Å²) in [6, 6.07) is 0. The highest BCUT2D eigenvalue weighted by molar-refractivity contribution is 9.10. The second-order valence-corrected chi connectivity index (χ2v) is 10.3. The van der Waals surface area contributed by atoms with Crippen molar-refractivity contribution in [1.82, 2.24) is 0 Å². The highest BCUT2D eigenvalue weighted by Crippen LogP contribution is 2.19. The van der Waals surface area contributed by atoms with Gasteiger partial charge in [-0.15, -0.1) is 11.3 Å². The Balaban J connectivity index is 2.33. The maximum absolute atomic E-state index is 5.71. The Hall–Kier alpha value is -0.0831. The molecule has 1 nitrogen and oxygen atoms in total. The maximum atomic E-state index is 5.71. The molecule has 0 aliphatic rings. The van der Waals surface area contributed by atoms with Crippen molar-refractivity contribution in [2.75, 3.05) is 6.61 Å². The van der Waals surface area contributed by atoms with E-state index in [1.54, 1.807) is 11.3 Å². The molecular formula is C11H15BrOSSi. The van der Waals surface area contributed by atoms with Gasteiger partial charge >= 0.3 is 0 Å². The smallest absolute Gasteiger partial charge is 0.183 e.